The molecule has 1 aromatic carbocycles. The van der Waals surface area contributed by atoms with Crippen LogP contribution >= 0.6 is 0 Å². The van der Waals surface area contributed by atoms with Gasteiger partial charge in [0.05, 0.1) is 12.7 Å². The van der Waals surface area contributed by atoms with Crippen LogP contribution in [0.25, 0.3) is 0 Å². The maximum Gasteiger partial charge on any atom is 0.0674 e. The van der Waals surface area contributed by atoms with Crippen LogP contribution in [0.5, 0.6) is 0 Å². The van der Waals surface area contributed by atoms with Crippen molar-refractivity contribution in [1.82, 2.24) is 10.2 Å². The Morgan fingerprint density at radius 3 is 2.67 bits per heavy atom. The highest BCUT2D eigenvalue weighted by atomic mass is 16.5. The smallest absolute Gasteiger partial charge is 0.0674 e. The predicted molar refractivity (Wildman–Crippen MR) is 88.5 cm³/mol. The Morgan fingerprint density at radius 2 is 2.00 bits per heavy atom. The number of hydrogen-bond acceptors (Lipinski definition) is 3. The normalized spacial score (nSPS) is 26.5. The van der Waals surface area contributed by atoms with Gasteiger partial charge in [0.25, 0.3) is 0 Å². The molecule has 3 heteroatoms. The first-order valence-corrected chi connectivity index (χ1v) is 8.29. The lowest BCUT2D eigenvalue weighted by molar-refractivity contribution is -0.0686. The van der Waals surface area contributed by atoms with E-state index in [9.17, 15) is 0 Å². The summed E-state index contributed by atoms with van der Waals surface area (Å²) in [7, 11) is 0. The lowest BCUT2D eigenvalue weighted by Gasteiger charge is -2.43. The summed E-state index contributed by atoms with van der Waals surface area (Å²) in [5.41, 5.74) is 1.38. The summed E-state index contributed by atoms with van der Waals surface area (Å²) in [6, 6.07) is 12.1. The fourth-order valence-electron chi connectivity index (χ4n) is 3.22. The van der Waals surface area contributed by atoms with Gasteiger partial charge >= 0.3 is 0 Å². The van der Waals surface area contributed by atoms with Crippen LogP contribution in [0.3, 0.4) is 0 Å². The molecular weight excluding hydrogens is 260 g/mol. The van der Waals surface area contributed by atoms with Gasteiger partial charge in [-0.1, -0.05) is 37.3 Å². The van der Waals surface area contributed by atoms with E-state index >= 15 is 0 Å². The average Bonchev–Trinajstić information content (AvgIpc) is 2.51. The zero-order chi connectivity index (χ0) is 15.2. The fraction of sp³-hybridized carbons (Fsp3) is 0.667. The lowest BCUT2D eigenvalue weighted by Crippen LogP contribution is -2.54. The minimum Gasteiger partial charge on any atom is -0.376 e. The van der Waals surface area contributed by atoms with Crippen molar-refractivity contribution in [2.24, 2.45) is 0 Å². The molecular formula is C18H30N2O. The standard InChI is InChI=1S/C18H30N2O/c1-5-11-19-18(17-9-7-6-8-10-17)16(4)20-12-15(3)21-13-14(20)2/h6-10,14-16,18-19H,5,11-13H2,1-4H3. The quantitative estimate of drug-likeness (QED) is 0.870. The minimum absolute atomic E-state index is 0.325. The largest absolute Gasteiger partial charge is 0.376 e. The predicted octanol–water partition coefficient (Wildman–Crippen LogP) is 3.23. The summed E-state index contributed by atoms with van der Waals surface area (Å²) < 4.78 is 5.77. The molecule has 1 fully saturated rings. The van der Waals surface area contributed by atoms with E-state index in [-0.39, 0.29) is 0 Å². The fourth-order valence-corrected chi connectivity index (χ4v) is 3.22. The lowest BCUT2D eigenvalue weighted by atomic mass is 9.97. The van der Waals surface area contributed by atoms with E-state index in [0.717, 1.165) is 26.1 Å². The third-order valence-electron chi connectivity index (χ3n) is 4.43. The Hall–Kier alpha value is -0.900. The van der Waals surface area contributed by atoms with Crippen molar-refractivity contribution in [2.75, 3.05) is 19.7 Å². The molecule has 1 saturated heterocycles. The highest BCUT2D eigenvalue weighted by Gasteiger charge is 2.31. The first kappa shape index (κ1) is 16.5. The van der Waals surface area contributed by atoms with Gasteiger partial charge in [0.1, 0.15) is 0 Å². The highest BCUT2D eigenvalue weighted by molar-refractivity contribution is 5.20. The van der Waals surface area contributed by atoms with E-state index < -0.39 is 0 Å². The molecule has 1 aliphatic heterocycles. The van der Waals surface area contributed by atoms with Crippen molar-refractivity contribution in [1.29, 1.82) is 0 Å². The molecule has 0 aliphatic carbocycles. The highest BCUT2D eigenvalue weighted by Crippen LogP contribution is 2.25. The molecule has 0 aromatic heterocycles. The summed E-state index contributed by atoms with van der Waals surface area (Å²) in [6.45, 7) is 11.9. The summed E-state index contributed by atoms with van der Waals surface area (Å²) >= 11 is 0. The van der Waals surface area contributed by atoms with Gasteiger partial charge in [-0.15, -0.1) is 0 Å². The van der Waals surface area contributed by atoms with Crippen molar-refractivity contribution >= 4 is 0 Å². The minimum atomic E-state index is 0.325. The average molecular weight is 290 g/mol. The Bertz CT molecular complexity index is 409. The van der Waals surface area contributed by atoms with E-state index in [1.165, 1.54) is 5.56 Å². The summed E-state index contributed by atoms with van der Waals surface area (Å²) in [4.78, 5) is 2.59. The molecule has 4 atom stereocenters. The van der Waals surface area contributed by atoms with Gasteiger partial charge in [0.2, 0.25) is 0 Å². The molecule has 1 N–H and O–H groups in total. The van der Waals surface area contributed by atoms with Crippen LogP contribution in [-0.2, 0) is 4.74 Å². The molecule has 0 amide bonds. The van der Waals surface area contributed by atoms with Crippen LogP contribution in [0.2, 0.25) is 0 Å². The Morgan fingerprint density at radius 1 is 1.29 bits per heavy atom. The van der Waals surface area contributed by atoms with Gasteiger partial charge in [-0.2, -0.15) is 0 Å². The van der Waals surface area contributed by atoms with Crippen LogP contribution in [-0.4, -0.2) is 42.8 Å². The third kappa shape index (κ3) is 4.29. The molecule has 118 valence electrons. The molecule has 4 unspecified atom stereocenters. The Labute approximate surface area is 129 Å². The van der Waals surface area contributed by atoms with Gasteiger partial charge in [-0.25, -0.2) is 0 Å². The van der Waals surface area contributed by atoms with Crippen molar-refractivity contribution in [3.63, 3.8) is 0 Å². The summed E-state index contributed by atoms with van der Waals surface area (Å²) in [6.07, 6.45) is 1.48. The molecule has 0 bridgehead atoms. The number of nitrogens with one attached hydrogen (secondary N) is 1. The zero-order valence-electron chi connectivity index (χ0n) is 13.9. The summed E-state index contributed by atoms with van der Waals surface area (Å²) in [5, 5.41) is 3.74. The van der Waals surface area contributed by atoms with Crippen LogP contribution < -0.4 is 5.32 Å². The van der Waals surface area contributed by atoms with E-state index in [4.69, 9.17) is 4.74 Å². The number of rotatable bonds is 6. The topological polar surface area (TPSA) is 24.5 Å². The first-order valence-electron chi connectivity index (χ1n) is 8.29. The van der Waals surface area contributed by atoms with Gasteiger partial charge in [0, 0.05) is 24.7 Å². The molecule has 0 radical (unpaired) electrons. The summed E-state index contributed by atoms with van der Waals surface area (Å²) in [5.74, 6) is 0. The number of hydrogen-bond donors (Lipinski definition) is 1. The number of benzene rings is 1. The van der Waals surface area contributed by atoms with Crippen molar-refractivity contribution in [3.05, 3.63) is 35.9 Å². The molecule has 0 spiro atoms. The van der Waals surface area contributed by atoms with E-state index in [0.29, 0.717) is 24.2 Å². The Kier molecular flexibility index (Phi) is 6.22. The van der Waals surface area contributed by atoms with Gasteiger partial charge in [-0.3, -0.25) is 4.90 Å². The van der Waals surface area contributed by atoms with Crippen LogP contribution in [0.15, 0.2) is 30.3 Å². The van der Waals surface area contributed by atoms with Crippen molar-refractivity contribution in [3.8, 4) is 0 Å². The molecule has 3 nitrogen and oxygen atoms in total. The second kappa shape index (κ2) is 7.92. The molecule has 21 heavy (non-hydrogen) atoms. The maximum atomic E-state index is 5.77. The van der Waals surface area contributed by atoms with E-state index in [1.54, 1.807) is 0 Å². The molecule has 1 aromatic rings. The number of ether oxygens (including phenoxy) is 1. The maximum absolute atomic E-state index is 5.77. The molecule has 0 saturated carbocycles. The third-order valence-corrected chi connectivity index (χ3v) is 4.43. The first-order chi connectivity index (χ1) is 10.1. The SMILES string of the molecule is CCCNC(c1ccccc1)C(C)N1CC(C)OCC1C. The Balaban J connectivity index is 2.15. The number of morpholine rings is 1. The van der Waals surface area contributed by atoms with Crippen LogP contribution in [0, 0.1) is 0 Å². The molecule has 1 aliphatic rings. The second-order valence-corrected chi connectivity index (χ2v) is 6.27. The van der Waals surface area contributed by atoms with Crippen LogP contribution in [0.1, 0.15) is 45.7 Å². The van der Waals surface area contributed by atoms with Crippen molar-refractivity contribution in [2.45, 2.75) is 58.3 Å². The van der Waals surface area contributed by atoms with Gasteiger partial charge in [0.15, 0.2) is 0 Å². The van der Waals surface area contributed by atoms with Crippen LogP contribution in [0.4, 0.5) is 0 Å². The van der Waals surface area contributed by atoms with E-state index in [1.807, 2.05) is 0 Å². The van der Waals surface area contributed by atoms with Gasteiger partial charge < -0.3 is 10.1 Å². The van der Waals surface area contributed by atoms with Crippen molar-refractivity contribution < 1.29 is 4.74 Å². The number of nitrogens with zero attached hydrogens (tertiary/aromatic N) is 1. The molecule has 1 heterocycles. The monoisotopic (exact) mass is 290 g/mol. The van der Waals surface area contributed by atoms with E-state index in [2.05, 4.69) is 68.2 Å². The second-order valence-electron chi connectivity index (χ2n) is 6.27. The molecule has 2 rings (SSSR count). The zero-order valence-corrected chi connectivity index (χ0v) is 13.9. The van der Waals surface area contributed by atoms with Gasteiger partial charge in [-0.05, 0) is 39.3 Å².